The number of nitrogens with one attached hydrogen (secondary N) is 1. The Morgan fingerprint density at radius 3 is 2.50 bits per heavy atom. The normalized spacial score (nSPS) is 13.9. The number of amides is 1. The smallest absolute Gasteiger partial charge is 0.252 e. The van der Waals surface area contributed by atoms with Gasteiger partial charge >= 0.3 is 0 Å². The van der Waals surface area contributed by atoms with E-state index in [4.69, 9.17) is 4.98 Å². The van der Waals surface area contributed by atoms with Crippen LogP contribution in [-0.4, -0.2) is 16.9 Å². The summed E-state index contributed by atoms with van der Waals surface area (Å²) in [6.07, 6.45) is 2.94. The molecule has 0 radical (unpaired) electrons. The van der Waals surface area contributed by atoms with Crippen molar-refractivity contribution in [1.82, 2.24) is 10.3 Å². The zero-order chi connectivity index (χ0) is 16.5. The van der Waals surface area contributed by atoms with Gasteiger partial charge in [-0.05, 0) is 30.9 Å². The minimum absolute atomic E-state index is 0.0325. The summed E-state index contributed by atoms with van der Waals surface area (Å²) in [6.45, 7) is 2.09. The molecule has 1 amide bonds. The Hall–Kier alpha value is -2.68. The summed E-state index contributed by atoms with van der Waals surface area (Å²) >= 11 is 0. The van der Waals surface area contributed by atoms with Crippen LogP contribution in [0.5, 0.6) is 0 Å². The first-order valence-electron chi connectivity index (χ1n) is 8.56. The summed E-state index contributed by atoms with van der Waals surface area (Å²) in [4.78, 5) is 17.8. The summed E-state index contributed by atoms with van der Waals surface area (Å²) < 4.78 is 0. The van der Waals surface area contributed by atoms with Gasteiger partial charge in [0.05, 0.1) is 16.8 Å². The van der Waals surface area contributed by atoms with Gasteiger partial charge in [0.2, 0.25) is 0 Å². The van der Waals surface area contributed by atoms with E-state index in [1.54, 1.807) is 0 Å². The Balaban J connectivity index is 1.97. The highest BCUT2D eigenvalue weighted by molar-refractivity contribution is 6.09. The highest BCUT2D eigenvalue weighted by atomic mass is 16.1. The van der Waals surface area contributed by atoms with E-state index in [9.17, 15) is 4.79 Å². The van der Waals surface area contributed by atoms with Gasteiger partial charge in [0, 0.05) is 17.0 Å². The minimum atomic E-state index is 0.0325. The predicted molar refractivity (Wildman–Crippen MR) is 97.0 cm³/mol. The Morgan fingerprint density at radius 2 is 1.79 bits per heavy atom. The highest BCUT2D eigenvalue weighted by Crippen LogP contribution is 2.31. The fourth-order valence-corrected chi connectivity index (χ4v) is 3.18. The molecule has 3 heteroatoms. The van der Waals surface area contributed by atoms with Gasteiger partial charge in [0.15, 0.2) is 0 Å². The molecule has 4 rings (SSSR count). The first kappa shape index (κ1) is 14.9. The molecule has 0 bridgehead atoms. The molecule has 0 aliphatic heterocycles. The van der Waals surface area contributed by atoms with Gasteiger partial charge in [-0.15, -0.1) is 0 Å². The van der Waals surface area contributed by atoms with Crippen LogP contribution in [0, 0.1) is 0 Å². The van der Waals surface area contributed by atoms with Crippen LogP contribution in [0.15, 0.2) is 54.6 Å². The third-order valence-corrected chi connectivity index (χ3v) is 4.53. The number of carbonyl (C=O) groups excluding carboxylic acids is 1. The van der Waals surface area contributed by atoms with Gasteiger partial charge in [0.1, 0.15) is 0 Å². The molecule has 2 aromatic carbocycles. The van der Waals surface area contributed by atoms with Crippen LogP contribution in [0.3, 0.4) is 0 Å². The zero-order valence-corrected chi connectivity index (χ0v) is 13.8. The molecule has 1 aliphatic rings. The number of benzene rings is 2. The molecule has 0 atom stereocenters. The van der Waals surface area contributed by atoms with Crippen molar-refractivity contribution in [1.29, 1.82) is 0 Å². The van der Waals surface area contributed by atoms with Crippen molar-refractivity contribution in [3.8, 4) is 11.3 Å². The van der Waals surface area contributed by atoms with Crippen molar-refractivity contribution < 1.29 is 4.79 Å². The molecule has 1 fully saturated rings. The monoisotopic (exact) mass is 316 g/mol. The SMILES string of the molecule is CCc1c(-c2ccccc2)nc2ccccc2c1C(=O)NC1CC1. The summed E-state index contributed by atoms with van der Waals surface area (Å²) in [6, 6.07) is 18.4. The van der Waals surface area contributed by atoms with Crippen molar-refractivity contribution in [3.05, 3.63) is 65.7 Å². The van der Waals surface area contributed by atoms with E-state index < -0.39 is 0 Å². The quantitative estimate of drug-likeness (QED) is 0.777. The predicted octanol–water partition coefficient (Wildman–Crippen LogP) is 4.36. The van der Waals surface area contributed by atoms with E-state index in [0.29, 0.717) is 6.04 Å². The lowest BCUT2D eigenvalue weighted by Gasteiger charge is -2.16. The van der Waals surface area contributed by atoms with Crippen molar-refractivity contribution in [2.24, 2.45) is 0 Å². The maximum atomic E-state index is 12.9. The van der Waals surface area contributed by atoms with E-state index in [2.05, 4.69) is 24.4 Å². The Morgan fingerprint density at radius 1 is 1.08 bits per heavy atom. The van der Waals surface area contributed by atoms with E-state index in [0.717, 1.165) is 52.5 Å². The molecule has 24 heavy (non-hydrogen) atoms. The van der Waals surface area contributed by atoms with Gasteiger partial charge in [0.25, 0.3) is 5.91 Å². The van der Waals surface area contributed by atoms with Crippen molar-refractivity contribution in [3.63, 3.8) is 0 Å². The summed E-state index contributed by atoms with van der Waals surface area (Å²) in [5.74, 6) is 0.0325. The van der Waals surface area contributed by atoms with Crippen molar-refractivity contribution in [2.75, 3.05) is 0 Å². The van der Waals surface area contributed by atoms with Crippen LogP contribution < -0.4 is 5.32 Å². The molecular formula is C21H20N2O. The lowest BCUT2D eigenvalue weighted by molar-refractivity contribution is 0.0952. The second-order valence-electron chi connectivity index (χ2n) is 6.30. The molecule has 1 N–H and O–H groups in total. The lowest BCUT2D eigenvalue weighted by Crippen LogP contribution is -2.27. The molecule has 3 nitrogen and oxygen atoms in total. The van der Waals surface area contributed by atoms with Gasteiger partial charge in [-0.1, -0.05) is 55.5 Å². The van der Waals surface area contributed by atoms with Gasteiger partial charge < -0.3 is 5.32 Å². The summed E-state index contributed by atoms with van der Waals surface area (Å²) in [7, 11) is 0. The van der Waals surface area contributed by atoms with E-state index in [-0.39, 0.29) is 5.91 Å². The number of aromatic nitrogens is 1. The summed E-state index contributed by atoms with van der Waals surface area (Å²) in [5, 5.41) is 4.09. The molecule has 3 aromatic rings. The fraction of sp³-hybridized carbons (Fsp3) is 0.238. The largest absolute Gasteiger partial charge is 0.349 e. The second-order valence-corrected chi connectivity index (χ2v) is 6.30. The number of carbonyl (C=O) groups is 1. The number of fused-ring (bicyclic) bond motifs is 1. The van der Waals surface area contributed by atoms with E-state index >= 15 is 0 Å². The third-order valence-electron chi connectivity index (χ3n) is 4.53. The lowest BCUT2D eigenvalue weighted by atomic mass is 9.94. The maximum absolute atomic E-state index is 12.9. The van der Waals surface area contributed by atoms with Crippen LogP contribution in [0.25, 0.3) is 22.2 Å². The minimum Gasteiger partial charge on any atom is -0.349 e. The third kappa shape index (κ3) is 2.67. The van der Waals surface area contributed by atoms with Gasteiger partial charge in [-0.25, -0.2) is 4.98 Å². The van der Waals surface area contributed by atoms with Crippen molar-refractivity contribution in [2.45, 2.75) is 32.2 Å². The number of hydrogen-bond acceptors (Lipinski definition) is 2. The molecular weight excluding hydrogens is 296 g/mol. The van der Waals surface area contributed by atoms with Crippen LogP contribution in [0.2, 0.25) is 0 Å². The first-order chi connectivity index (χ1) is 11.8. The number of hydrogen-bond donors (Lipinski definition) is 1. The molecule has 1 aromatic heterocycles. The Labute approximate surface area is 141 Å². The Kier molecular flexibility index (Phi) is 3.77. The van der Waals surface area contributed by atoms with E-state index in [1.807, 2.05) is 42.5 Å². The molecule has 1 aliphatic carbocycles. The maximum Gasteiger partial charge on any atom is 0.252 e. The number of nitrogens with zero attached hydrogens (tertiary/aromatic N) is 1. The molecule has 120 valence electrons. The van der Waals surface area contributed by atoms with Crippen LogP contribution >= 0.6 is 0 Å². The molecule has 1 saturated carbocycles. The topological polar surface area (TPSA) is 42.0 Å². The average molecular weight is 316 g/mol. The van der Waals surface area contributed by atoms with Crippen molar-refractivity contribution >= 4 is 16.8 Å². The fourth-order valence-electron chi connectivity index (χ4n) is 3.18. The summed E-state index contributed by atoms with van der Waals surface area (Å²) in [5.41, 5.74) is 4.65. The molecule has 0 unspecified atom stereocenters. The van der Waals surface area contributed by atoms with Gasteiger partial charge in [-0.3, -0.25) is 4.79 Å². The van der Waals surface area contributed by atoms with Crippen LogP contribution in [0.1, 0.15) is 35.7 Å². The molecule has 0 saturated heterocycles. The van der Waals surface area contributed by atoms with Crippen LogP contribution in [0.4, 0.5) is 0 Å². The number of pyridine rings is 1. The van der Waals surface area contributed by atoms with E-state index in [1.165, 1.54) is 0 Å². The Bertz CT molecular complexity index is 898. The zero-order valence-electron chi connectivity index (χ0n) is 13.8. The second kappa shape index (κ2) is 6.08. The molecule has 1 heterocycles. The molecule has 0 spiro atoms. The number of para-hydroxylation sites is 1. The standard InChI is InChI=1S/C21H20N2O/c1-2-16-19(21(24)22-15-12-13-15)17-10-6-7-11-18(17)23-20(16)14-8-4-3-5-9-14/h3-11,15H,2,12-13H2,1H3,(H,22,24). The highest BCUT2D eigenvalue weighted by Gasteiger charge is 2.27. The average Bonchev–Trinajstić information content (AvgIpc) is 3.44. The first-order valence-corrected chi connectivity index (χ1v) is 8.56. The van der Waals surface area contributed by atoms with Gasteiger partial charge in [-0.2, -0.15) is 0 Å². The number of rotatable bonds is 4. The van der Waals surface area contributed by atoms with Crippen LogP contribution in [-0.2, 0) is 6.42 Å².